The lowest BCUT2D eigenvalue weighted by molar-refractivity contribution is 0.00912. The highest BCUT2D eigenvalue weighted by Crippen LogP contribution is 2.39. The molecule has 0 heterocycles. The second kappa shape index (κ2) is 8.26. The van der Waals surface area contributed by atoms with E-state index in [0.29, 0.717) is 11.6 Å². The number of hydrogen-bond acceptors (Lipinski definition) is 2. The second-order valence-electron chi connectivity index (χ2n) is 6.11. The van der Waals surface area contributed by atoms with Crippen molar-refractivity contribution in [2.45, 2.75) is 84.7 Å². The maximum absolute atomic E-state index is 3.92. The molecule has 0 saturated heterocycles. The van der Waals surface area contributed by atoms with Gasteiger partial charge in [-0.05, 0) is 57.7 Å². The lowest BCUT2D eigenvalue weighted by Crippen LogP contribution is -2.64. The van der Waals surface area contributed by atoms with Crippen LogP contribution in [0.15, 0.2) is 0 Å². The third kappa shape index (κ3) is 3.52. The summed E-state index contributed by atoms with van der Waals surface area (Å²) in [7, 11) is 0. The van der Waals surface area contributed by atoms with E-state index in [1.807, 2.05) is 0 Å². The van der Waals surface area contributed by atoms with Gasteiger partial charge in [0.05, 0.1) is 0 Å². The molecule has 1 saturated carbocycles. The van der Waals surface area contributed by atoms with Crippen LogP contribution in [0.2, 0.25) is 0 Å². The van der Waals surface area contributed by atoms with Gasteiger partial charge in [0.25, 0.3) is 0 Å². The van der Waals surface area contributed by atoms with Crippen LogP contribution >= 0.6 is 0 Å². The Balaban J connectivity index is 2.94. The van der Waals surface area contributed by atoms with E-state index in [4.69, 9.17) is 0 Å². The van der Waals surface area contributed by atoms with Gasteiger partial charge in [0.15, 0.2) is 0 Å². The van der Waals surface area contributed by atoms with E-state index in [-0.39, 0.29) is 0 Å². The molecule has 2 nitrogen and oxygen atoms in total. The third-order valence-corrected chi connectivity index (χ3v) is 5.43. The second-order valence-corrected chi connectivity index (χ2v) is 6.11. The molecular weight excluding hydrogens is 232 g/mol. The molecule has 2 heteroatoms. The van der Waals surface area contributed by atoms with Crippen LogP contribution in [0.1, 0.15) is 73.1 Å². The van der Waals surface area contributed by atoms with Crippen molar-refractivity contribution in [1.29, 1.82) is 0 Å². The molecule has 1 aliphatic rings. The van der Waals surface area contributed by atoms with E-state index in [1.54, 1.807) is 0 Å². The number of rotatable bonds is 10. The van der Waals surface area contributed by atoms with Crippen LogP contribution in [-0.2, 0) is 0 Å². The zero-order chi connectivity index (χ0) is 14.3. The van der Waals surface area contributed by atoms with Gasteiger partial charge in [-0.15, -0.1) is 0 Å². The van der Waals surface area contributed by atoms with E-state index >= 15 is 0 Å². The monoisotopic (exact) mass is 268 g/mol. The van der Waals surface area contributed by atoms with Crippen molar-refractivity contribution in [3.63, 3.8) is 0 Å². The first-order valence-electron chi connectivity index (χ1n) is 8.68. The maximum atomic E-state index is 3.92. The number of likely N-dealkylation sites (N-methyl/N-ethyl adjacent to an activating group) is 1. The Kier molecular flexibility index (Phi) is 7.38. The van der Waals surface area contributed by atoms with Crippen molar-refractivity contribution in [3.8, 4) is 0 Å². The molecule has 1 N–H and O–H groups in total. The van der Waals surface area contributed by atoms with E-state index in [1.165, 1.54) is 58.2 Å². The fraction of sp³-hybridized carbons (Fsp3) is 1.00. The van der Waals surface area contributed by atoms with Crippen LogP contribution in [0.4, 0.5) is 0 Å². The van der Waals surface area contributed by atoms with Crippen molar-refractivity contribution in [2.75, 3.05) is 19.6 Å². The smallest absolute Gasteiger partial charge is 0.0359 e. The molecule has 0 aromatic carbocycles. The molecule has 0 amide bonds. The Morgan fingerprint density at radius 2 is 1.63 bits per heavy atom. The molecule has 1 unspecified atom stereocenters. The van der Waals surface area contributed by atoms with E-state index in [9.17, 15) is 0 Å². The third-order valence-electron chi connectivity index (χ3n) is 5.43. The minimum absolute atomic E-state index is 0.365. The van der Waals surface area contributed by atoms with E-state index in [0.717, 1.165) is 5.92 Å². The molecule has 1 fully saturated rings. The average molecular weight is 268 g/mol. The lowest BCUT2D eigenvalue weighted by Gasteiger charge is -2.53. The van der Waals surface area contributed by atoms with Crippen LogP contribution in [0, 0.1) is 5.92 Å². The van der Waals surface area contributed by atoms with Crippen molar-refractivity contribution in [3.05, 3.63) is 0 Å². The Morgan fingerprint density at radius 3 is 1.95 bits per heavy atom. The fourth-order valence-corrected chi connectivity index (χ4v) is 4.06. The minimum atomic E-state index is 0.365. The standard InChI is InChI=1S/C17H36N2/c1-6-14-18-16(15-12-11-13-15)17(7-2,8-3)19(9-4)10-5/h15-16,18H,6-14H2,1-5H3. The molecule has 0 spiro atoms. The zero-order valence-electron chi connectivity index (χ0n) is 14.0. The summed E-state index contributed by atoms with van der Waals surface area (Å²) in [4.78, 5) is 2.72. The first-order valence-corrected chi connectivity index (χ1v) is 8.68. The fourth-order valence-electron chi connectivity index (χ4n) is 4.06. The Hall–Kier alpha value is -0.0800. The van der Waals surface area contributed by atoms with Crippen LogP contribution < -0.4 is 5.32 Å². The molecular formula is C17H36N2. The molecule has 114 valence electrons. The number of nitrogens with zero attached hydrogens (tertiary/aromatic N) is 1. The summed E-state index contributed by atoms with van der Waals surface area (Å²) in [6.07, 6.45) is 8.09. The molecule has 0 aromatic heterocycles. The number of nitrogens with one attached hydrogen (secondary N) is 1. The molecule has 0 aromatic rings. The first-order chi connectivity index (χ1) is 9.19. The van der Waals surface area contributed by atoms with Crippen molar-refractivity contribution >= 4 is 0 Å². The summed E-state index contributed by atoms with van der Waals surface area (Å²) in [5, 5.41) is 3.92. The molecule has 1 atom stereocenters. The van der Waals surface area contributed by atoms with Crippen LogP contribution in [0.25, 0.3) is 0 Å². The SMILES string of the molecule is CCCNC(C1CCC1)C(CC)(CC)N(CC)CC. The zero-order valence-corrected chi connectivity index (χ0v) is 14.0. The van der Waals surface area contributed by atoms with Crippen LogP contribution in [-0.4, -0.2) is 36.1 Å². The highest BCUT2D eigenvalue weighted by atomic mass is 15.2. The molecule has 1 aliphatic carbocycles. The molecule has 0 radical (unpaired) electrons. The summed E-state index contributed by atoms with van der Waals surface area (Å²) in [5.74, 6) is 0.909. The van der Waals surface area contributed by atoms with Gasteiger partial charge in [-0.2, -0.15) is 0 Å². The Morgan fingerprint density at radius 1 is 1.05 bits per heavy atom. The van der Waals surface area contributed by atoms with Crippen LogP contribution in [0.5, 0.6) is 0 Å². The summed E-state index contributed by atoms with van der Waals surface area (Å²) in [6, 6.07) is 0.691. The molecule has 0 bridgehead atoms. The lowest BCUT2D eigenvalue weighted by atomic mass is 9.68. The summed E-state index contributed by atoms with van der Waals surface area (Å²) in [6.45, 7) is 15.2. The maximum Gasteiger partial charge on any atom is 0.0359 e. The topological polar surface area (TPSA) is 15.3 Å². The highest BCUT2D eigenvalue weighted by molar-refractivity contribution is 5.03. The van der Waals surface area contributed by atoms with Gasteiger partial charge in [0.1, 0.15) is 0 Å². The van der Waals surface area contributed by atoms with Crippen LogP contribution in [0.3, 0.4) is 0 Å². The van der Waals surface area contributed by atoms with Crippen molar-refractivity contribution in [1.82, 2.24) is 10.2 Å². The molecule has 19 heavy (non-hydrogen) atoms. The highest BCUT2D eigenvalue weighted by Gasteiger charge is 2.44. The predicted molar refractivity (Wildman–Crippen MR) is 85.7 cm³/mol. The average Bonchev–Trinajstić information content (AvgIpc) is 2.39. The van der Waals surface area contributed by atoms with Gasteiger partial charge >= 0.3 is 0 Å². The molecule has 1 rings (SSSR count). The largest absolute Gasteiger partial charge is 0.312 e. The molecule has 0 aliphatic heterocycles. The van der Waals surface area contributed by atoms with E-state index < -0.39 is 0 Å². The first kappa shape index (κ1) is 17.0. The summed E-state index contributed by atoms with van der Waals surface area (Å²) in [5.41, 5.74) is 0.365. The summed E-state index contributed by atoms with van der Waals surface area (Å²) >= 11 is 0. The van der Waals surface area contributed by atoms with Gasteiger partial charge in [-0.1, -0.05) is 41.0 Å². The Labute approximate surface area is 121 Å². The van der Waals surface area contributed by atoms with Gasteiger partial charge in [-0.25, -0.2) is 0 Å². The van der Waals surface area contributed by atoms with Crippen molar-refractivity contribution in [2.24, 2.45) is 5.92 Å². The van der Waals surface area contributed by atoms with E-state index in [2.05, 4.69) is 44.8 Å². The predicted octanol–water partition coefficient (Wildman–Crippen LogP) is 4.06. The van der Waals surface area contributed by atoms with Gasteiger partial charge in [0.2, 0.25) is 0 Å². The minimum Gasteiger partial charge on any atom is -0.312 e. The number of hydrogen-bond donors (Lipinski definition) is 1. The Bertz CT molecular complexity index is 227. The van der Waals surface area contributed by atoms with Gasteiger partial charge < -0.3 is 5.32 Å². The van der Waals surface area contributed by atoms with Crippen molar-refractivity contribution < 1.29 is 0 Å². The normalized spacial score (nSPS) is 18.6. The van der Waals surface area contributed by atoms with Gasteiger partial charge in [0, 0.05) is 11.6 Å². The summed E-state index contributed by atoms with van der Waals surface area (Å²) < 4.78 is 0. The van der Waals surface area contributed by atoms with Gasteiger partial charge in [-0.3, -0.25) is 4.90 Å². The quantitative estimate of drug-likeness (QED) is 0.643.